The quantitative estimate of drug-likeness (QED) is 0.660. The molecule has 74 valence electrons. The van der Waals surface area contributed by atoms with Crippen LogP contribution in [0.25, 0.3) is 0 Å². The predicted molar refractivity (Wildman–Crippen MR) is 51.4 cm³/mol. The average Bonchev–Trinajstić information content (AvgIpc) is 2.64. The van der Waals surface area contributed by atoms with Gasteiger partial charge in [-0.3, -0.25) is 0 Å². The van der Waals surface area contributed by atoms with Crippen LogP contribution in [0, 0.1) is 0 Å². The molecule has 13 heavy (non-hydrogen) atoms. The lowest BCUT2D eigenvalue weighted by molar-refractivity contribution is 0.345. The van der Waals surface area contributed by atoms with Crippen LogP contribution in [0.1, 0.15) is 12.7 Å². The number of hydrogen-bond acceptors (Lipinski definition) is 4. The maximum Gasteiger partial charge on any atom is 0.180 e. The number of oxazole rings is 1. The van der Waals surface area contributed by atoms with Crippen LogP contribution in [-0.4, -0.2) is 36.6 Å². The number of rotatable bonds is 6. The highest BCUT2D eigenvalue weighted by Crippen LogP contribution is 1.94. The maximum atomic E-state index is 5.08. The fourth-order valence-electron chi connectivity index (χ4n) is 0.969. The van der Waals surface area contributed by atoms with Crippen molar-refractivity contribution in [1.82, 2.24) is 15.2 Å². The van der Waals surface area contributed by atoms with Crippen molar-refractivity contribution in [3.8, 4) is 0 Å². The summed E-state index contributed by atoms with van der Waals surface area (Å²) >= 11 is 0. The summed E-state index contributed by atoms with van der Waals surface area (Å²) in [6, 6.07) is 0. The molecule has 0 radical (unpaired) electrons. The molecule has 1 aromatic rings. The first-order chi connectivity index (χ1) is 6.33. The summed E-state index contributed by atoms with van der Waals surface area (Å²) in [5.74, 6) is 0.888. The number of nitrogens with one attached hydrogen (secondary N) is 1. The minimum Gasteiger partial charge on any atom is -0.447 e. The van der Waals surface area contributed by atoms with E-state index in [9.17, 15) is 0 Å². The van der Waals surface area contributed by atoms with E-state index in [1.807, 2.05) is 0 Å². The second-order valence-electron chi connectivity index (χ2n) is 3.04. The van der Waals surface area contributed by atoms with Crippen molar-refractivity contribution >= 4 is 0 Å². The van der Waals surface area contributed by atoms with E-state index in [0.717, 1.165) is 31.9 Å². The normalized spacial score (nSPS) is 11.0. The Kier molecular flexibility index (Phi) is 4.49. The van der Waals surface area contributed by atoms with Crippen LogP contribution < -0.4 is 5.32 Å². The molecule has 0 unspecified atom stereocenters. The Morgan fingerprint density at radius 3 is 3.08 bits per heavy atom. The van der Waals surface area contributed by atoms with Gasteiger partial charge in [0.15, 0.2) is 6.39 Å². The first kappa shape index (κ1) is 10.2. The van der Waals surface area contributed by atoms with Crippen molar-refractivity contribution in [1.29, 1.82) is 0 Å². The zero-order valence-corrected chi connectivity index (χ0v) is 8.29. The third kappa shape index (κ3) is 4.05. The molecule has 0 bridgehead atoms. The van der Waals surface area contributed by atoms with Crippen molar-refractivity contribution in [3.05, 3.63) is 18.4 Å². The van der Waals surface area contributed by atoms with Gasteiger partial charge in [0.25, 0.3) is 0 Å². The van der Waals surface area contributed by atoms with Gasteiger partial charge >= 0.3 is 0 Å². The van der Waals surface area contributed by atoms with Crippen LogP contribution in [0.3, 0.4) is 0 Å². The molecule has 4 nitrogen and oxygen atoms in total. The number of aromatic nitrogens is 1. The van der Waals surface area contributed by atoms with Gasteiger partial charge in [0, 0.05) is 13.1 Å². The van der Waals surface area contributed by atoms with Crippen LogP contribution in [0.2, 0.25) is 0 Å². The molecule has 4 heteroatoms. The summed E-state index contributed by atoms with van der Waals surface area (Å²) in [4.78, 5) is 6.09. The topological polar surface area (TPSA) is 41.3 Å². The minimum absolute atomic E-state index is 0.761. The van der Waals surface area contributed by atoms with E-state index in [1.165, 1.54) is 6.39 Å². The Hall–Kier alpha value is -0.870. The summed E-state index contributed by atoms with van der Waals surface area (Å²) in [5.41, 5.74) is 0. The van der Waals surface area contributed by atoms with E-state index in [0.29, 0.717) is 0 Å². The molecule has 0 saturated heterocycles. The van der Waals surface area contributed by atoms with Gasteiger partial charge in [-0.15, -0.1) is 0 Å². The smallest absolute Gasteiger partial charge is 0.180 e. The summed E-state index contributed by atoms with van der Waals surface area (Å²) in [5, 5.41) is 3.28. The zero-order chi connectivity index (χ0) is 9.52. The Balaban J connectivity index is 2.02. The van der Waals surface area contributed by atoms with Gasteiger partial charge in [-0.2, -0.15) is 0 Å². The van der Waals surface area contributed by atoms with Crippen molar-refractivity contribution in [2.75, 3.05) is 26.7 Å². The number of nitrogens with zero attached hydrogens (tertiary/aromatic N) is 2. The number of hydrogen-bond donors (Lipinski definition) is 1. The standard InChI is InChI=1S/C9H17N3O/c1-3-12(2)5-4-10-6-9-7-11-8-13-9/h7-8,10H,3-6H2,1-2H3. The van der Waals surface area contributed by atoms with Crippen LogP contribution in [0.5, 0.6) is 0 Å². The van der Waals surface area contributed by atoms with Gasteiger partial charge in [-0.25, -0.2) is 4.98 Å². The molecule has 0 aromatic carbocycles. The summed E-state index contributed by atoms with van der Waals surface area (Å²) in [6.07, 6.45) is 3.19. The van der Waals surface area contributed by atoms with Crippen molar-refractivity contribution in [2.24, 2.45) is 0 Å². The lowest BCUT2D eigenvalue weighted by atomic mass is 10.4. The van der Waals surface area contributed by atoms with Crippen molar-refractivity contribution < 1.29 is 4.42 Å². The lowest BCUT2D eigenvalue weighted by Crippen LogP contribution is -2.28. The van der Waals surface area contributed by atoms with E-state index in [1.54, 1.807) is 6.20 Å². The van der Waals surface area contributed by atoms with E-state index in [-0.39, 0.29) is 0 Å². The summed E-state index contributed by atoms with van der Waals surface area (Å²) < 4.78 is 5.08. The highest BCUT2D eigenvalue weighted by atomic mass is 16.3. The highest BCUT2D eigenvalue weighted by Gasteiger charge is 1.96. The molecule has 0 atom stereocenters. The third-order valence-electron chi connectivity index (χ3n) is 1.99. The molecule has 0 amide bonds. The Bertz CT molecular complexity index is 211. The molecule has 0 spiro atoms. The highest BCUT2D eigenvalue weighted by molar-refractivity contribution is 4.86. The largest absolute Gasteiger partial charge is 0.447 e. The van der Waals surface area contributed by atoms with Gasteiger partial charge in [0.05, 0.1) is 12.7 Å². The van der Waals surface area contributed by atoms with E-state index < -0.39 is 0 Å². The Morgan fingerprint density at radius 1 is 1.62 bits per heavy atom. The molecule has 1 N–H and O–H groups in total. The molecular formula is C9H17N3O. The van der Waals surface area contributed by atoms with Gasteiger partial charge < -0.3 is 14.6 Å². The molecule has 1 heterocycles. The SMILES string of the molecule is CCN(C)CCNCc1cnco1. The van der Waals surface area contributed by atoms with Gasteiger partial charge in [0.2, 0.25) is 0 Å². The molecule has 1 rings (SSSR count). The molecule has 0 aliphatic heterocycles. The maximum absolute atomic E-state index is 5.08. The molecule has 0 aliphatic rings. The van der Waals surface area contributed by atoms with Crippen LogP contribution in [0.4, 0.5) is 0 Å². The monoisotopic (exact) mass is 183 g/mol. The second-order valence-corrected chi connectivity index (χ2v) is 3.04. The third-order valence-corrected chi connectivity index (χ3v) is 1.99. The predicted octanol–water partition coefficient (Wildman–Crippen LogP) is 0.716. The van der Waals surface area contributed by atoms with Gasteiger partial charge in [-0.05, 0) is 13.6 Å². The fourth-order valence-corrected chi connectivity index (χ4v) is 0.969. The van der Waals surface area contributed by atoms with Crippen molar-refractivity contribution in [3.63, 3.8) is 0 Å². The second kappa shape index (κ2) is 5.72. The Labute approximate surface area is 78.9 Å². The first-order valence-electron chi connectivity index (χ1n) is 4.59. The van der Waals surface area contributed by atoms with Crippen molar-refractivity contribution in [2.45, 2.75) is 13.5 Å². The van der Waals surface area contributed by atoms with Gasteiger partial charge in [-0.1, -0.05) is 6.92 Å². The van der Waals surface area contributed by atoms with Crippen LogP contribution >= 0.6 is 0 Å². The van der Waals surface area contributed by atoms with Gasteiger partial charge in [0.1, 0.15) is 5.76 Å². The molecular weight excluding hydrogens is 166 g/mol. The first-order valence-corrected chi connectivity index (χ1v) is 4.59. The summed E-state index contributed by atoms with van der Waals surface area (Å²) in [6.45, 7) is 6.04. The zero-order valence-electron chi connectivity index (χ0n) is 8.29. The van der Waals surface area contributed by atoms with Crippen LogP contribution in [0.15, 0.2) is 17.0 Å². The number of likely N-dealkylation sites (N-methyl/N-ethyl adjacent to an activating group) is 1. The molecule has 0 saturated carbocycles. The summed E-state index contributed by atoms with van der Waals surface area (Å²) in [7, 11) is 2.11. The average molecular weight is 183 g/mol. The lowest BCUT2D eigenvalue weighted by Gasteiger charge is -2.13. The van der Waals surface area contributed by atoms with E-state index >= 15 is 0 Å². The fraction of sp³-hybridized carbons (Fsp3) is 0.667. The molecule has 1 aromatic heterocycles. The molecule has 0 aliphatic carbocycles. The Morgan fingerprint density at radius 2 is 2.46 bits per heavy atom. The van der Waals surface area contributed by atoms with E-state index in [4.69, 9.17) is 4.42 Å². The minimum atomic E-state index is 0.761. The van der Waals surface area contributed by atoms with E-state index in [2.05, 4.69) is 29.2 Å². The van der Waals surface area contributed by atoms with Crippen LogP contribution in [-0.2, 0) is 6.54 Å². The molecule has 0 fully saturated rings.